The summed E-state index contributed by atoms with van der Waals surface area (Å²) in [6.45, 7) is 6.87. The number of benzene rings is 2. The van der Waals surface area contributed by atoms with Gasteiger partial charge in [-0.05, 0) is 41.4 Å². The minimum atomic E-state index is 0.341. The molecule has 0 radical (unpaired) electrons. The van der Waals surface area contributed by atoms with Gasteiger partial charge in [-0.1, -0.05) is 68.4 Å². The number of hydrogen-bond acceptors (Lipinski definition) is 2. The highest BCUT2D eigenvalue weighted by molar-refractivity contribution is 5.26. The molecule has 2 aromatic carbocycles. The summed E-state index contributed by atoms with van der Waals surface area (Å²) in [5, 5.41) is 0. The second kappa shape index (κ2) is 8.46. The maximum atomic E-state index is 5.66. The predicted molar refractivity (Wildman–Crippen MR) is 98.3 cm³/mol. The van der Waals surface area contributed by atoms with Crippen molar-refractivity contribution in [3.63, 3.8) is 0 Å². The molecular weight excluding hydrogens is 296 g/mol. The molecule has 1 saturated heterocycles. The van der Waals surface area contributed by atoms with Gasteiger partial charge < -0.3 is 9.47 Å². The van der Waals surface area contributed by atoms with Crippen LogP contribution in [0.15, 0.2) is 54.6 Å². The zero-order valence-corrected chi connectivity index (χ0v) is 14.8. The fourth-order valence-corrected chi connectivity index (χ4v) is 3.24. The molecule has 2 heteroatoms. The molecule has 3 atom stereocenters. The predicted octanol–water partition coefficient (Wildman–Crippen LogP) is 5.29. The first kappa shape index (κ1) is 17.2. The summed E-state index contributed by atoms with van der Waals surface area (Å²) < 4.78 is 10.8. The smallest absolute Gasteiger partial charge is 0.104 e. The first-order valence-corrected chi connectivity index (χ1v) is 9.09. The molecule has 0 aromatic heterocycles. The van der Waals surface area contributed by atoms with Crippen molar-refractivity contribution in [3.8, 4) is 0 Å². The highest BCUT2D eigenvalue weighted by Crippen LogP contribution is 2.32. The second-order valence-corrected chi connectivity index (χ2v) is 6.86. The van der Waals surface area contributed by atoms with Crippen LogP contribution in [0.2, 0.25) is 0 Å². The molecule has 0 bridgehead atoms. The third kappa shape index (κ3) is 4.93. The molecule has 1 heterocycles. The van der Waals surface area contributed by atoms with Crippen molar-refractivity contribution >= 4 is 0 Å². The van der Waals surface area contributed by atoms with Crippen molar-refractivity contribution in [2.75, 3.05) is 13.2 Å². The lowest BCUT2D eigenvalue weighted by Gasteiger charge is -2.21. The number of ether oxygens (including phenoxy) is 2. The molecule has 2 nitrogen and oxygen atoms in total. The van der Waals surface area contributed by atoms with Crippen LogP contribution in [0.3, 0.4) is 0 Å². The molecule has 0 amide bonds. The molecule has 0 N–H and O–H groups in total. The van der Waals surface area contributed by atoms with E-state index in [-0.39, 0.29) is 0 Å². The molecule has 3 unspecified atom stereocenters. The van der Waals surface area contributed by atoms with E-state index in [4.69, 9.17) is 9.47 Å². The van der Waals surface area contributed by atoms with Gasteiger partial charge in [-0.2, -0.15) is 0 Å². The van der Waals surface area contributed by atoms with Gasteiger partial charge in [0, 0.05) is 0 Å². The summed E-state index contributed by atoms with van der Waals surface area (Å²) in [5.74, 6) is 1.19. The highest BCUT2D eigenvalue weighted by atomic mass is 16.6. The largest absolute Gasteiger partial charge is 0.374 e. The highest BCUT2D eigenvalue weighted by Gasteiger charge is 2.22. The number of epoxide rings is 1. The zero-order valence-electron chi connectivity index (χ0n) is 14.8. The first-order valence-electron chi connectivity index (χ1n) is 9.09. The molecule has 0 saturated carbocycles. The molecule has 1 aliphatic heterocycles. The van der Waals surface area contributed by atoms with E-state index >= 15 is 0 Å². The maximum Gasteiger partial charge on any atom is 0.104 e. The summed E-state index contributed by atoms with van der Waals surface area (Å²) >= 11 is 0. The Morgan fingerprint density at radius 3 is 2.38 bits per heavy atom. The van der Waals surface area contributed by atoms with Crippen molar-refractivity contribution in [3.05, 3.63) is 71.3 Å². The monoisotopic (exact) mass is 324 g/mol. The van der Waals surface area contributed by atoms with Gasteiger partial charge in [0.15, 0.2) is 0 Å². The molecule has 128 valence electrons. The SMILES string of the molecule is CCC(CC(C)c1ccc(COCC2CO2)cc1)c1ccccc1. The number of hydrogen-bond donors (Lipinski definition) is 0. The fraction of sp³-hybridized carbons (Fsp3) is 0.455. The van der Waals surface area contributed by atoms with Crippen LogP contribution in [0.1, 0.15) is 55.2 Å². The quantitative estimate of drug-likeness (QED) is 0.585. The van der Waals surface area contributed by atoms with Gasteiger partial charge in [-0.25, -0.2) is 0 Å². The van der Waals surface area contributed by atoms with Crippen molar-refractivity contribution < 1.29 is 9.47 Å². The van der Waals surface area contributed by atoms with E-state index in [1.165, 1.54) is 29.5 Å². The Labute approximate surface area is 145 Å². The van der Waals surface area contributed by atoms with Crippen molar-refractivity contribution in [1.29, 1.82) is 0 Å². The Kier molecular flexibility index (Phi) is 6.06. The Bertz CT molecular complexity index is 602. The molecule has 24 heavy (non-hydrogen) atoms. The van der Waals surface area contributed by atoms with Crippen LogP contribution in [0.25, 0.3) is 0 Å². The van der Waals surface area contributed by atoms with Crippen LogP contribution in [-0.4, -0.2) is 19.3 Å². The summed E-state index contributed by atoms with van der Waals surface area (Å²) in [5.41, 5.74) is 4.11. The summed E-state index contributed by atoms with van der Waals surface area (Å²) in [7, 11) is 0. The summed E-state index contributed by atoms with van der Waals surface area (Å²) in [6, 6.07) is 19.8. The van der Waals surface area contributed by atoms with Crippen molar-refractivity contribution in [1.82, 2.24) is 0 Å². The van der Waals surface area contributed by atoms with Gasteiger partial charge >= 0.3 is 0 Å². The van der Waals surface area contributed by atoms with E-state index in [0.717, 1.165) is 6.61 Å². The Morgan fingerprint density at radius 1 is 1.04 bits per heavy atom. The molecule has 0 aliphatic carbocycles. The van der Waals surface area contributed by atoms with Crippen LogP contribution < -0.4 is 0 Å². The van der Waals surface area contributed by atoms with Crippen LogP contribution >= 0.6 is 0 Å². The van der Waals surface area contributed by atoms with E-state index in [0.29, 0.717) is 31.2 Å². The van der Waals surface area contributed by atoms with E-state index < -0.39 is 0 Å². The average Bonchev–Trinajstić information content (AvgIpc) is 3.45. The minimum absolute atomic E-state index is 0.341. The first-order chi connectivity index (χ1) is 11.8. The van der Waals surface area contributed by atoms with Gasteiger partial charge in [0.25, 0.3) is 0 Å². The summed E-state index contributed by atoms with van der Waals surface area (Å²) in [6.07, 6.45) is 2.71. The Hall–Kier alpha value is -1.64. The molecule has 1 aliphatic rings. The van der Waals surface area contributed by atoms with E-state index in [1.807, 2.05) is 0 Å². The van der Waals surface area contributed by atoms with Gasteiger partial charge in [0.2, 0.25) is 0 Å². The zero-order chi connectivity index (χ0) is 16.8. The van der Waals surface area contributed by atoms with Crippen LogP contribution in [0.5, 0.6) is 0 Å². The van der Waals surface area contributed by atoms with Crippen molar-refractivity contribution in [2.45, 2.75) is 51.2 Å². The standard InChI is InChI=1S/C22H28O2/c1-3-19(21-7-5-4-6-8-21)13-17(2)20-11-9-18(10-12-20)14-23-15-22-16-24-22/h4-12,17,19,22H,3,13-16H2,1-2H3. The van der Waals surface area contributed by atoms with Gasteiger partial charge in [0.05, 0.1) is 19.8 Å². The van der Waals surface area contributed by atoms with Crippen LogP contribution in [0.4, 0.5) is 0 Å². The van der Waals surface area contributed by atoms with Crippen molar-refractivity contribution in [2.24, 2.45) is 0 Å². The molecule has 0 spiro atoms. The average molecular weight is 324 g/mol. The van der Waals surface area contributed by atoms with Gasteiger partial charge in [0.1, 0.15) is 6.10 Å². The lowest BCUT2D eigenvalue weighted by molar-refractivity contribution is 0.104. The van der Waals surface area contributed by atoms with Gasteiger partial charge in [-0.15, -0.1) is 0 Å². The summed E-state index contributed by atoms with van der Waals surface area (Å²) in [4.78, 5) is 0. The van der Waals surface area contributed by atoms with Crippen LogP contribution in [-0.2, 0) is 16.1 Å². The Morgan fingerprint density at radius 2 is 1.75 bits per heavy atom. The normalized spacial score (nSPS) is 19.0. The molecule has 1 fully saturated rings. The van der Waals surface area contributed by atoms with E-state index in [9.17, 15) is 0 Å². The maximum absolute atomic E-state index is 5.66. The third-order valence-corrected chi connectivity index (χ3v) is 4.93. The molecular formula is C22H28O2. The molecule has 3 rings (SSSR count). The Balaban J connectivity index is 1.54. The van der Waals surface area contributed by atoms with E-state index in [2.05, 4.69) is 68.4 Å². The van der Waals surface area contributed by atoms with Gasteiger partial charge in [-0.3, -0.25) is 0 Å². The lowest BCUT2D eigenvalue weighted by atomic mass is 9.84. The molecule has 2 aromatic rings. The number of rotatable bonds is 9. The van der Waals surface area contributed by atoms with E-state index in [1.54, 1.807) is 0 Å². The van der Waals surface area contributed by atoms with Crippen LogP contribution in [0, 0.1) is 0 Å². The third-order valence-electron chi connectivity index (χ3n) is 4.93. The minimum Gasteiger partial charge on any atom is -0.374 e. The fourth-order valence-electron chi connectivity index (χ4n) is 3.24. The second-order valence-electron chi connectivity index (χ2n) is 6.86. The topological polar surface area (TPSA) is 21.8 Å². The lowest BCUT2D eigenvalue weighted by Crippen LogP contribution is -2.04.